The summed E-state index contributed by atoms with van der Waals surface area (Å²) in [7, 11) is 0. The summed E-state index contributed by atoms with van der Waals surface area (Å²) in [5.41, 5.74) is 3.03. The van der Waals surface area contributed by atoms with Crippen molar-refractivity contribution in [2.24, 2.45) is 5.92 Å². The highest BCUT2D eigenvalue weighted by molar-refractivity contribution is 5.95. The van der Waals surface area contributed by atoms with Crippen molar-refractivity contribution in [3.8, 4) is 11.5 Å². The van der Waals surface area contributed by atoms with E-state index in [2.05, 4.69) is 17.1 Å². The molecule has 1 aromatic heterocycles. The first-order valence-electron chi connectivity index (χ1n) is 8.38. The molecule has 1 fully saturated rings. The van der Waals surface area contributed by atoms with Gasteiger partial charge in [-0.05, 0) is 55.9 Å². The molecule has 0 bridgehead atoms. The van der Waals surface area contributed by atoms with Crippen LogP contribution in [0.4, 0.5) is 0 Å². The lowest BCUT2D eigenvalue weighted by Crippen LogP contribution is -2.40. The number of aryl methyl sites for hydroxylation is 1. The molecule has 2 aromatic rings. The summed E-state index contributed by atoms with van der Waals surface area (Å²) in [5, 5.41) is 7.16. The Morgan fingerprint density at radius 1 is 1.38 bits per heavy atom. The van der Waals surface area contributed by atoms with Crippen LogP contribution in [0.5, 0.6) is 11.5 Å². The van der Waals surface area contributed by atoms with E-state index in [0.29, 0.717) is 23.0 Å². The highest BCUT2D eigenvalue weighted by Gasteiger charge is 2.26. The summed E-state index contributed by atoms with van der Waals surface area (Å²) in [6.07, 6.45) is 4.97. The Balaban J connectivity index is 1.45. The maximum absolute atomic E-state index is 12.8. The van der Waals surface area contributed by atoms with Crippen molar-refractivity contribution < 1.29 is 14.3 Å². The van der Waals surface area contributed by atoms with Gasteiger partial charge in [0.05, 0.1) is 6.20 Å². The van der Waals surface area contributed by atoms with Gasteiger partial charge in [-0.2, -0.15) is 5.10 Å². The molecule has 6 heteroatoms. The average molecular weight is 327 g/mol. The van der Waals surface area contributed by atoms with Gasteiger partial charge in [0.1, 0.15) is 0 Å². The number of amides is 1. The monoisotopic (exact) mass is 327 g/mol. The molecule has 0 spiro atoms. The number of rotatable bonds is 3. The molecule has 2 aliphatic heterocycles. The second-order valence-corrected chi connectivity index (χ2v) is 6.56. The van der Waals surface area contributed by atoms with Gasteiger partial charge in [0.25, 0.3) is 5.91 Å². The van der Waals surface area contributed by atoms with E-state index in [9.17, 15) is 4.79 Å². The fraction of sp³-hybridized carbons (Fsp3) is 0.444. The van der Waals surface area contributed by atoms with Gasteiger partial charge in [-0.25, -0.2) is 0 Å². The van der Waals surface area contributed by atoms with Crippen LogP contribution < -0.4 is 9.47 Å². The molecule has 126 valence electrons. The predicted octanol–water partition coefficient (Wildman–Crippen LogP) is 2.54. The lowest BCUT2D eigenvalue weighted by molar-refractivity contribution is 0.0672. The molecule has 4 rings (SSSR count). The van der Waals surface area contributed by atoms with Gasteiger partial charge >= 0.3 is 0 Å². The van der Waals surface area contributed by atoms with Crippen LogP contribution in [0, 0.1) is 12.8 Å². The van der Waals surface area contributed by atoms with E-state index >= 15 is 0 Å². The Morgan fingerprint density at radius 2 is 2.25 bits per heavy atom. The Labute approximate surface area is 140 Å². The Hall–Kier alpha value is -2.50. The van der Waals surface area contributed by atoms with Crippen LogP contribution in [0.2, 0.25) is 0 Å². The molecule has 0 saturated carbocycles. The first-order chi connectivity index (χ1) is 11.7. The molecule has 1 atom stereocenters. The molecule has 1 aromatic carbocycles. The third kappa shape index (κ3) is 2.84. The standard InChI is InChI=1S/C18H21N3O3/c1-12-9-19-20-15(12)7-13-3-2-6-21(10-13)18(22)14-4-5-16-17(8-14)24-11-23-16/h4-5,8-9,13H,2-3,6-7,10-11H2,1H3,(H,19,20). The van der Waals surface area contributed by atoms with Crippen LogP contribution in [0.25, 0.3) is 0 Å². The number of aromatic nitrogens is 2. The van der Waals surface area contributed by atoms with Crippen molar-refractivity contribution >= 4 is 5.91 Å². The molecular formula is C18H21N3O3. The number of carbonyl (C=O) groups is 1. The number of benzene rings is 1. The van der Waals surface area contributed by atoms with Crippen molar-refractivity contribution in [3.05, 3.63) is 41.2 Å². The average Bonchev–Trinajstić information content (AvgIpc) is 3.23. The second-order valence-electron chi connectivity index (χ2n) is 6.56. The van der Waals surface area contributed by atoms with E-state index in [1.54, 1.807) is 6.07 Å². The van der Waals surface area contributed by atoms with Crippen molar-refractivity contribution in [2.45, 2.75) is 26.2 Å². The number of aromatic amines is 1. The maximum Gasteiger partial charge on any atom is 0.254 e. The Bertz CT molecular complexity index is 756. The van der Waals surface area contributed by atoms with E-state index in [1.807, 2.05) is 23.2 Å². The topological polar surface area (TPSA) is 67.5 Å². The van der Waals surface area contributed by atoms with Gasteiger partial charge < -0.3 is 14.4 Å². The highest BCUT2D eigenvalue weighted by Crippen LogP contribution is 2.33. The molecule has 1 amide bonds. The molecule has 1 unspecified atom stereocenters. The van der Waals surface area contributed by atoms with E-state index < -0.39 is 0 Å². The number of likely N-dealkylation sites (tertiary alicyclic amines) is 1. The van der Waals surface area contributed by atoms with Gasteiger partial charge in [0.15, 0.2) is 11.5 Å². The number of nitrogens with one attached hydrogen (secondary N) is 1. The fourth-order valence-corrected chi connectivity index (χ4v) is 3.50. The van der Waals surface area contributed by atoms with Crippen LogP contribution in [0.3, 0.4) is 0 Å². The van der Waals surface area contributed by atoms with E-state index in [1.165, 1.54) is 11.3 Å². The zero-order chi connectivity index (χ0) is 16.5. The van der Waals surface area contributed by atoms with Crippen molar-refractivity contribution in [3.63, 3.8) is 0 Å². The molecule has 1 saturated heterocycles. The van der Waals surface area contributed by atoms with Gasteiger partial charge in [-0.3, -0.25) is 9.89 Å². The molecule has 24 heavy (non-hydrogen) atoms. The molecule has 1 N–H and O–H groups in total. The number of H-pyrrole nitrogens is 1. The van der Waals surface area contributed by atoms with Gasteiger partial charge in [0, 0.05) is 24.3 Å². The summed E-state index contributed by atoms with van der Waals surface area (Å²) in [5.74, 6) is 1.90. The minimum absolute atomic E-state index is 0.0688. The normalized spacial score (nSPS) is 19.5. The second kappa shape index (κ2) is 6.19. The molecule has 3 heterocycles. The number of carbonyl (C=O) groups excluding carboxylic acids is 1. The van der Waals surface area contributed by atoms with Crippen LogP contribution in [0.1, 0.15) is 34.5 Å². The number of ether oxygens (including phenoxy) is 2. The van der Waals surface area contributed by atoms with Gasteiger partial charge in [-0.1, -0.05) is 0 Å². The summed E-state index contributed by atoms with van der Waals surface area (Å²) in [4.78, 5) is 14.8. The molecule has 6 nitrogen and oxygen atoms in total. The number of fused-ring (bicyclic) bond motifs is 1. The first-order valence-corrected chi connectivity index (χ1v) is 8.38. The molecule has 0 radical (unpaired) electrons. The summed E-state index contributed by atoms with van der Waals surface area (Å²) < 4.78 is 10.7. The van der Waals surface area contributed by atoms with E-state index in [-0.39, 0.29) is 12.7 Å². The van der Waals surface area contributed by atoms with E-state index in [0.717, 1.165) is 32.4 Å². The predicted molar refractivity (Wildman–Crippen MR) is 88.2 cm³/mol. The Kier molecular flexibility index (Phi) is 3.88. The van der Waals surface area contributed by atoms with Crippen LogP contribution >= 0.6 is 0 Å². The number of nitrogens with zero attached hydrogens (tertiary/aromatic N) is 2. The van der Waals surface area contributed by atoms with Gasteiger partial charge in [0.2, 0.25) is 6.79 Å². The summed E-state index contributed by atoms with van der Waals surface area (Å²) >= 11 is 0. The van der Waals surface area contributed by atoms with E-state index in [4.69, 9.17) is 9.47 Å². The quantitative estimate of drug-likeness (QED) is 0.941. The maximum atomic E-state index is 12.8. The first kappa shape index (κ1) is 15.1. The zero-order valence-corrected chi connectivity index (χ0v) is 13.7. The smallest absolute Gasteiger partial charge is 0.254 e. The largest absolute Gasteiger partial charge is 0.454 e. The SMILES string of the molecule is Cc1cn[nH]c1CC1CCCN(C(=O)c2ccc3c(c2)OCO3)C1. The van der Waals surface area contributed by atoms with Crippen molar-refractivity contribution in [1.29, 1.82) is 0 Å². The molecule has 2 aliphatic rings. The van der Waals surface area contributed by atoms with Crippen molar-refractivity contribution in [2.75, 3.05) is 19.9 Å². The van der Waals surface area contributed by atoms with Crippen molar-refractivity contribution in [1.82, 2.24) is 15.1 Å². The molecule has 0 aliphatic carbocycles. The number of hydrogen-bond donors (Lipinski definition) is 1. The van der Waals surface area contributed by atoms with Gasteiger partial charge in [-0.15, -0.1) is 0 Å². The molecular weight excluding hydrogens is 306 g/mol. The third-order valence-corrected chi connectivity index (χ3v) is 4.85. The van der Waals surface area contributed by atoms with Crippen LogP contribution in [-0.2, 0) is 6.42 Å². The zero-order valence-electron chi connectivity index (χ0n) is 13.7. The lowest BCUT2D eigenvalue weighted by atomic mass is 9.92. The summed E-state index contributed by atoms with van der Waals surface area (Å²) in [6.45, 7) is 3.89. The number of hydrogen-bond acceptors (Lipinski definition) is 4. The number of piperidine rings is 1. The van der Waals surface area contributed by atoms with Crippen LogP contribution in [-0.4, -0.2) is 40.9 Å². The fourth-order valence-electron chi connectivity index (χ4n) is 3.50. The third-order valence-electron chi connectivity index (χ3n) is 4.85. The highest BCUT2D eigenvalue weighted by atomic mass is 16.7. The lowest BCUT2D eigenvalue weighted by Gasteiger charge is -2.33. The Morgan fingerprint density at radius 3 is 3.08 bits per heavy atom. The minimum Gasteiger partial charge on any atom is -0.454 e. The minimum atomic E-state index is 0.0688. The van der Waals surface area contributed by atoms with Crippen LogP contribution in [0.15, 0.2) is 24.4 Å². The summed E-state index contributed by atoms with van der Waals surface area (Å²) in [6, 6.07) is 5.41.